The molecule has 3 nitrogen and oxygen atoms in total. The lowest BCUT2D eigenvalue weighted by Crippen LogP contribution is -2.42. The number of hydrogen-bond acceptors (Lipinski definition) is 3. The standard InChI is InChI=1S/C12H22N2OS/c1-4-16-11-6-5-10(7-11)14-9(3)13-8(2)12(14)15/h8-11,13H,4-7H2,1-3H3. The van der Waals surface area contributed by atoms with Crippen LogP contribution in [-0.4, -0.2) is 40.1 Å². The Hall–Kier alpha value is -0.220. The summed E-state index contributed by atoms with van der Waals surface area (Å²) in [4.78, 5) is 14.1. The third-order valence-corrected chi connectivity index (χ3v) is 4.92. The summed E-state index contributed by atoms with van der Waals surface area (Å²) in [6.45, 7) is 6.28. The molecule has 1 saturated carbocycles. The van der Waals surface area contributed by atoms with Crippen LogP contribution in [0.1, 0.15) is 40.0 Å². The van der Waals surface area contributed by atoms with E-state index in [1.807, 2.05) is 18.7 Å². The minimum atomic E-state index is 0.00729. The minimum absolute atomic E-state index is 0.00729. The third-order valence-electron chi connectivity index (χ3n) is 3.69. The summed E-state index contributed by atoms with van der Waals surface area (Å²) in [7, 11) is 0. The van der Waals surface area contributed by atoms with E-state index in [9.17, 15) is 4.79 Å². The third kappa shape index (κ3) is 2.23. The molecule has 0 aromatic heterocycles. The van der Waals surface area contributed by atoms with Crippen LogP contribution in [0, 0.1) is 0 Å². The lowest BCUT2D eigenvalue weighted by atomic mass is 10.2. The highest BCUT2D eigenvalue weighted by Crippen LogP contribution is 2.34. The van der Waals surface area contributed by atoms with Crippen LogP contribution < -0.4 is 5.32 Å². The van der Waals surface area contributed by atoms with Crippen molar-refractivity contribution in [1.29, 1.82) is 0 Å². The molecular formula is C12H22N2OS. The number of nitrogens with one attached hydrogen (secondary N) is 1. The average molecular weight is 242 g/mol. The zero-order valence-corrected chi connectivity index (χ0v) is 11.2. The van der Waals surface area contributed by atoms with Crippen molar-refractivity contribution in [2.24, 2.45) is 0 Å². The molecule has 4 unspecified atom stereocenters. The van der Waals surface area contributed by atoms with Crippen LogP contribution in [-0.2, 0) is 4.79 Å². The monoisotopic (exact) mass is 242 g/mol. The van der Waals surface area contributed by atoms with Crippen molar-refractivity contribution >= 4 is 17.7 Å². The summed E-state index contributed by atoms with van der Waals surface area (Å²) in [6, 6.07) is 0.483. The Morgan fingerprint density at radius 1 is 1.44 bits per heavy atom. The topological polar surface area (TPSA) is 32.3 Å². The molecule has 1 N–H and O–H groups in total. The van der Waals surface area contributed by atoms with Gasteiger partial charge in [-0.05, 0) is 38.9 Å². The lowest BCUT2D eigenvalue weighted by Gasteiger charge is -2.28. The fourth-order valence-electron chi connectivity index (χ4n) is 2.98. The maximum Gasteiger partial charge on any atom is 0.240 e. The van der Waals surface area contributed by atoms with Crippen molar-refractivity contribution in [1.82, 2.24) is 10.2 Å². The molecule has 4 atom stereocenters. The van der Waals surface area contributed by atoms with Gasteiger partial charge in [-0.2, -0.15) is 11.8 Å². The van der Waals surface area contributed by atoms with Crippen LogP contribution in [0.4, 0.5) is 0 Å². The van der Waals surface area contributed by atoms with Crippen molar-refractivity contribution in [3.05, 3.63) is 0 Å². The highest BCUT2D eigenvalue weighted by atomic mass is 32.2. The van der Waals surface area contributed by atoms with E-state index in [1.165, 1.54) is 25.0 Å². The molecule has 1 heterocycles. The first-order valence-electron chi connectivity index (χ1n) is 6.33. The van der Waals surface area contributed by atoms with Crippen LogP contribution >= 0.6 is 11.8 Å². The Balaban J connectivity index is 1.96. The number of carbonyl (C=O) groups excluding carboxylic acids is 1. The second-order valence-electron chi connectivity index (χ2n) is 4.85. The van der Waals surface area contributed by atoms with E-state index < -0.39 is 0 Å². The number of thioether (sulfide) groups is 1. The summed E-state index contributed by atoms with van der Waals surface area (Å²) in [5.74, 6) is 1.48. The Labute approximate surface area is 102 Å². The molecule has 4 heteroatoms. The van der Waals surface area contributed by atoms with Crippen LogP contribution in [0.15, 0.2) is 0 Å². The largest absolute Gasteiger partial charge is 0.323 e. The van der Waals surface area contributed by atoms with E-state index in [0.717, 1.165) is 5.25 Å². The molecule has 92 valence electrons. The molecule has 16 heavy (non-hydrogen) atoms. The van der Waals surface area contributed by atoms with Crippen molar-refractivity contribution in [3.63, 3.8) is 0 Å². The van der Waals surface area contributed by atoms with Gasteiger partial charge in [0.05, 0.1) is 12.2 Å². The van der Waals surface area contributed by atoms with Gasteiger partial charge in [0, 0.05) is 11.3 Å². The second-order valence-corrected chi connectivity index (χ2v) is 6.43. The van der Waals surface area contributed by atoms with Gasteiger partial charge in [-0.25, -0.2) is 0 Å². The lowest BCUT2D eigenvalue weighted by molar-refractivity contribution is -0.131. The fraction of sp³-hybridized carbons (Fsp3) is 0.917. The SMILES string of the molecule is CCSC1CCC(N2C(=O)C(C)NC2C)C1. The quantitative estimate of drug-likeness (QED) is 0.819. The number of rotatable bonds is 3. The predicted molar refractivity (Wildman–Crippen MR) is 68.5 cm³/mol. The van der Waals surface area contributed by atoms with E-state index in [1.54, 1.807) is 0 Å². The van der Waals surface area contributed by atoms with Crippen molar-refractivity contribution in [2.75, 3.05) is 5.75 Å². The van der Waals surface area contributed by atoms with Crippen LogP contribution in [0.25, 0.3) is 0 Å². The molecule has 1 saturated heterocycles. The smallest absolute Gasteiger partial charge is 0.240 e. The van der Waals surface area contributed by atoms with E-state index in [-0.39, 0.29) is 12.2 Å². The zero-order valence-electron chi connectivity index (χ0n) is 10.4. The number of carbonyl (C=O) groups is 1. The van der Waals surface area contributed by atoms with Crippen molar-refractivity contribution in [3.8, 4) is 0 Å². The number of hydrogen-bond donors (Lipinski definition) is 1. The van der Waals surface area contributed by atoms with Gasteiger partial charge in [-0.3, -0.25) is 10.1 Å². The van der Waals surface area contributed by atoms with E-state index in [2.05, 4.69) is 24.1 Å². The van der Waals surface area contributed by atoms with Gasteiger partial charge >= 0.3 is 0 Å². The summed E-state index contributed by atoms with van der Waals surface area (Å²) in [6.07, 6.45) is 3.86. The van der Waals surface area contributed by atoms with Crippen molar-refractivity contribution in [2.45, 2.75) is 63.5 Å². The molecule has 2 aliphatic rings. The molecule has 0 aromatic carbocycles. The molecular weight excluding hydrogens is 220 g/mol. The fourth-order valence-corrected chi connectivity index (χ4v) is 4.11. The maximum atomic E-state index is 12.0. The second kappa shape index (κ2) is 4.96. The average Bonchev–Trinajstić information content (AvgIpc) is 2.75. The zero-order chi connectivity index (χ0) is 11.7. The minimum Gasteiger partial charge on any atom is -0.323 e. The predicted octanol–water partition coefficient (Wildman–Crippen LogP) is 1.83. The Kier molecular flexibility index (Phi) is 3.80. The summed E-state index contributed by atoms with van der Waals surface area (Å²) >= 11 is 2.05. The summed E-state index contributed by atoms with van der Waals surface area (Å²) in [5, 5.41) is 4.08. The van der Waals surface area contributed by atoms with Gasteiger partial charge < -0.3 is 4.90 Å². The molecule has 0 radical (unpaired) electrons. The molecule has 2 fully saturated rings. The first kappa shape index (κ1) is 12.2. The van der Waals surface area contributed by atoms with Gasteiger partial charge in [0.1, 0.15) is 0 Å². The molecule has 1 amide bonds. The maximum absolute atomic E-state index is 12.0. The Morgan fingerprint density at radius 3 is 2.75 bits per heavy atom. The van der Waals surface area contributed by atoms with E-state index >= 15 is 0 Å². The van der Waals surface area contributed by atoms with Gasteiger partial charge in [-0.1, -0.05) is 6.92 Å². The first-order valence-corrected chi connectivity index (χ1v) is 7.38. The van der Waals surface area contributed by atoms with E-state index in [0.29, 0.717) is 11.9 Å². The van der Waals surface area contributed by atoms with Gasteiger partial charge in [0.15, 0.2) is 0 Å². The Bertz CT molecular complexity index is 272. The Morgan fingerprint density at radius 2 is 2.19 bits per heavy atom. The number of amides is 1. The summed E-state index contributed by atoms with van der Waals surface area (Å²) < 4.78 is 0. The van der Waals surface area contributed by atoms with Gasteiger partial charge in [0.25, 0.3) is 0 Å². The van der Waals surface area contributed by atoms with Gasteiger partial charge in [0.2, 0.25) is 5.91 Å². The molecule has 1 aliphatic carbocycles. The molecule has 0 spiro atoms. The summed E-state index contributed by atoms with van der Waals surface area (Å²) in [5.41, 5.74) is 0. The molecule has 2 rings (SSSR count). The molecule has 0 aromatic rings. The number of nitrogens with zero attached hydrogens (tertiary/aromatic N) is 1. The highest BCUT2D eigenvalue weighted by molar-refractivity contribution is 7.99. The van der Waals surface area contributed by atoms with E-state index in [4.69, 9.17) is 0 Å². The normalized spacial score (nSPS) is 39.7. The van der Waals surface area contributed by atoms with Crippen LogP contribution in [0.3, 0.4) is 0 Å². The molecule has 0 bridgehead atoms. The van der Waals surface area contributed by atoms with Gasteiger partial charge in [-0.15, -0.1) is 0 Å². The molecule has 1 aliphatic heterocycles. The van der Waals surface area contributed by atoms with Crippen molar-refractivity contribution < 1.29 is 4.79 Å². The highest BCUT2D eigenvalue weighted by Gasteiger charge is 2.40. The first-order chi connectivity index (χ1) is 7.63. The van der Waals surface area contributed by atoms with Crippen LogP contribution in [0.5, 0.6) is 0 Å². The van der Waals surface area contributed by atoms with Crippen LogP contribution in [0.2, 0.25) is 0 Å².